The highest BCUT2D eigenvalue weighted by Gasteiger charge is 2.15. The van der Waals surface area contributed by atoms with Gasteiger partial charge in [-0.3, -0.25) is 4.57 Å². The zero-order chi connectivity index (χ0) is 25.9. The van der Waals surface area contributed by atoms with E-state index in [2.05, 4.69) is 121 Å². The van der Waals surface area contributed by atoms with Crippen LogP contribution < -0.4 is 0 Å². The van der Waals surface area contributed by atoms with E-state index in [1.165, 1.54) is 27.6 Å². The third-order valence-electron chi connectivity index (χ3n) is 7.77. The van der Waals surface area contributed by atoms with Crippen molar-refractivity contribution in [1.29, 1.82) is 0 Å². The molecule has 0 radical (unpaired) electrons. The molecule has 39 heavy (non-hydrogen) atoms. The fourth-order valence-electron chi connectivity index (χ4n) is 5.90. The lowest BCUT2D eigenvalue weighted by Crippen LogP contribution is -1.96. The minimum atomic E-state index is 0.924. The van der Waals surface area contributed by atoms with Crippen LogP contribution in [0.1, 0.15) is 5.82 Å². The van der Waals surface area contributed by atoms with Crippen LogP contribution in [0, 0.1) is 6.92 Å². The van der Waals surface area contributed by atoms with Crippen LogP contribution in [0.25, 0.3) is 71.7 Å². The standard InChI is InChI=1S/C36H24N2O/c1-23-37-33-11-5-6-12-34(33)38(23)27-20-18-25(19-21-27)24-14-16-26(17-15-24)31-22-32-29-9-4-7-13-35(29)39-36(32)30-10-3-2-8-28(30)31/h2-22H,1H3. The molecule has 0 fully saturated rings. The van der Waals surface area contributed by atoms with E-state index in [9.17, 15) is 0 Å². The number of hydrogen-bond acceptors (Lipinski definition) is 2. The largest absolute Gasteiger partial charge is 0.455 e. The molecule has 0 aliphatic carbocycles. The second-order valence-electron chi connectivity index (χ2n) is 10.1. The zero-order valence-corrected chi connectivity index (χ0v) is 21.4. The predicted molar refractivity (Wildman–Crippen MR) is 161 cm³/mol. The number of aromatic nitrogens is 2. The van der Waals surface area contributed by atoms with E-state index in [1.54, 1.807) is 0 Å². The van der Waals surface area contributed by atoms with Crippen LogP contribution in [-0.4, -0.2) is 9.55 Å². The summed E-state index contributed by atoms with van der Waals surface area (Å²) in [7, 11) is 0. The second-order valence-corrected chi connectivity index (χ2v) is 10.1. The molecule has 0 spiro atoms. The molecule has 2 heterocycles. The van der Waals surface area contributed by atoms with Gasteiger partial charge in [0.1, 0.15) is 17.0 Å². The smallest absolute Gasteiger partial charge is 0.143 e. The SMILES string of the molecule is Cc1nc2ccccc2n1-c1ccc(-c2ccc(-c3cc4c5ccccc5oc4c4ccccc34)cc2)cc1. The van der Waals surface area contributed by atoms with Crippen LogP contribution >= 0.6 is 0 Å². The summed E-state index contributed by atoms with van der Waals surface area (Å²) in [5.74, 6) is 0.989. The molecule has 8 rings (SSSR count). The molecule has 6 aromatic carbocycles. The van der Waals surface area contributed by atoms with Crippen LogP contribution in [0.4, 0.5) is 0 Å². The van der Waals surface area contributed by atoms with E-state index >= 15 is 0 Å². The van der Waals surface area contributed by atoms with Gasteiger partial charge in [-0.1, -0.05) is 91.0 Å². The molecule has 0 aliphatic rings. The summed E-state index contributed by atoms with van der Waals surface area (Å²) in [4.78, 5) is 4.72. The Hall–Kier alpha value is -5.15. The quantitative estimate of drug-likeness (QED) is 0.242. The number of furan rings is 1. The first-order valence-corrected chi connectivity index (χ1v) is 13.2. The minimum Gasteiger partial charge on any atom is -0.455 e. The lowest BCUT2D eigenvalue weighted by molar-refractivity contribution is 0.672. The Morgan fingerprint density at radius 1 is 0.564 bits per heavy atom. The lowest BCUT2D eigenvalue weighted by Gasteiger charge is -2.11. The number of imidazole rings is 1. The van der Waals surface area contributed by atoms with Gasteiger partial charge in [0.2, 0.25) is 0 Å². The van der Waals surface area contributed by atoms with Gasteiger partial charge in [0, 0.05) is 21.8 Å². The molecule has 184 valence electrons. The number of aryl methyl sites for hydroxylation is 1. The van der Waals surface area contributed by atoms with Gasteiger partial charge in [-0.2, -0.15) is 0 Å². The molecule has 0 amide bonds. The molecular weight excluding hydrogens is 476 g/mol. The van der Waals surface area contributed by atoms with Gasteiger partial charge >= 0.3 is 0 Å². The minimum absolute atomic E-state index is 0.924. The van der Waals surface area contributed by atoms with Crippen molar-refractivity contribution < 1.29 is 4.42 Å². The molecule has 0 atom stereocenters. The molecule has 0 unspecified atom stereocenters. The fourth-order valence-corrected chi connectivity index (χ4v) is 5.90. The summed E-state index contributed by atoms with van der Waals surface area (Å²) in [5.41, 5.74) is 9.93. The second kappa shape index (κ2) is 8.44. The summed E-state index contributed by atoms with van der Waals surface area (Å²) < 4.78 is 8.51. The van der Waals surface area contributed by atoms with Gasteiger partial charge in [-0.05, 0) is 71.0 Å². The van der Waals surface area contributed by atoms with Crippen LogP contribution in [0.3, 0.4) is 0 Å². The van der Waals surface area contributed by atoms with Gasteiger partial charge in [0.15, 0.2) is 0 Å². The number of rotatable bonds is 3. The Balaban J connectivity index is 1.20. The first-order chi connectivity index (χ1) is 19.2. The summed E-state index contributed by atoms with van der Waals surface area (Å²) in [6, 6.07) is 45.0. The van der Waals surface area contributed by atoms with Crippen molar-refractivity contribution in [3.8, 4) is 27.9 Å². The van der Waals surface area contributed by atoms with Crippen LogP contribution in [-0.2, 0) is 0 Å². The number of para-hydroxylation sites is 3. The third kappa shape index (κ3) is 3.40. The molecule has 0 N–H and O–H groups in total. The summed E-state index contributed by atoms with van der Waals surface area (Å²) in [6.07, 6.45) is 0. The van der Waals surface area contributed by atoms with Crippen molar-refractivity contribution in [2.75, 3.05) is 0 Å². The summed E-state index contributed by atoms with van der Waals surface area (Å²) in [6.45, 7) is 2.06. The number of nitrogens with zero attached hydrogens (tertiary/aromatic N) is 2. The monoisotopic (exact) mass is 500 g/mol. The predicted octanol–water partition coefficient (Wildman–Crippen LogP) is 9.72. The average molecular weight is 501 g/mol. The van der Waals surface area contributed by atoms with E-state index in [0.717, 1.165) is 49.9 Å². The Morgan fingerprint density at radius 3 is 1.97 bits per heavy atom. The molecule has 3 nitrogen and oxygen atoms in total. The van der Waals surface area contributed by atoms with Gasteiger partial charge in [0.25, 0.3) is 0 Å². The van der Waals surface area contributed by atoms with Crippen molar-refractivity contribution in [2.24, 2.45) is 0 Å². The van der Waals surface area contributed by atoms with Crippen molar-refractivity contribution in [1.82, 2.24) is 9.55 Å². The molecule has 0 saturated carbocycles. The molecule has 8 aromatic rings. The highest BCUT2D eigenvalue weighted by atomic mass is 16.3. The van der Waals surface area contributed by atoms with Gasteiger partial charge in [-0.15, -0.1) is 0 Å². The molecule has 3 heteroatoms. The number of benzene rings is 6. The van der Waals surface area contributed by atoms with Gasteiger partial charge < -0.3 is 4.42 Å². The van der Waals surface area contributed by atoms with E-state index in [-0.39, 0.29) is 0 Å². The van der Waals surface area contributed by atoms with E-state index < -0.39 is 0 Å². The first kappa shape index (κ1) is 21.9. The highest BCUT2D eigenvalue weighted by Crippen LogP contribution is 2.40. The third-order valence-corrected chi connectivity index (χ3v) is 7.77. The van der Waals surface area contributed by atoms with Crippen molar-refractivity contribution in [2.45, 2.75) is 6.92 Å². The van der Waals surface area contributed by atoms with Crippen molar-refractivity contribution in [3.63, 3.8) is 0 Å². The van der Waals surface area contributed by atoms with Crippen LogP contribution in [0.15, 0.2) is 132 Å². The lowest BCUT2D eigenvalue weighted by atomic mass is 9.94. The maximum atomic E-state index is 6.30. The normalized spacial score (nSPS) is 11.7. The van der Waals surface area contributed by atoms with Crippen LogP contribution in [0.2, 0.25) is 0 Å². The maximum absolute atomic E-state index is 6.30. The molecule has 0 bridgehead atoms. The first-order valence-electron chi connectivity index (χ1n) is 13.2. The Labute approximate surface area is 225 Å². The van der Waals surface area contributed by atoms with E-state index in [4.69, 9.17) is 9.40 Å². The maximum Gasteiger partial charge on any atom is 0.143 e. The highest BCUT2D eigenvalue weighted by molar-refractivity contribution is 6.19. The Morgan fingerprint density at radius 2 is 1.18 bits per heavy atom. The molecule has 0 aliphatic heterocycles. The van der Waals surface area contributed by atoms with E-state index in [0.29, 0.717) is 0 Å². The van der Waals surface area contributed by atoms with Gasteiger partial charge in [0.05, 0.1) is 11.0 Å². The van der Waals surface area contributed by atoms with Crippen LogP contribution in [0.5, 0.6) is 0 Å². The molecular formula is C36H24N2O. The summed E-state index contributed by atoms with van der Waals surface area (Å²) in [5, 5.41) is 4.64. The van der Waals surface area contributed by atoms with E-state index in [1.807, 2.05) is 18.2 Å². The number of fused-ring (bicyclic) bond motifs is 6. The van der Waals surface area contributed by atoms with Gasteiger partial charge in [-0.25, -0.2) is 4.98 Å². The number of hydrogen-bond donors (Lipinski definition) is 0. The topological polar surface area (TPSA) is 31.0 Å². The summed E-state index contributed by atoms with van der Waals surface area (Å²) >= 11 is 0. The Kier molecular flexibility index (Phi) is 4.74. The molecule has 0 saturated heterocycles. The zero-order valence-electron chi connectivity index (χ0n) is 21.4. The fraction of sp³-hybridized carbons (Fsp3) is 0.0278. The van der Waals surface area contributed by atoms with Crippen molar-refractivity contribution in [3.05, 3.63) is 133 Å². The average Bonchev–Trinajstić information content (AvgIpc) is 3.54. The van der Waals surface area contributed by atoms with Crippen molar-refractivity contribution >= 4 is 43.7 Å². The Bertz CT molecular complexity index is 2160. The molecule has 2 aromatic heterocycles.